The van der Waals surface area contributed by atoms with Crippen molar-refractivity contribution >= 4 is 17.3 Å². The molecular formula is C14H21N3O. The van der Waals surface area contributed by atoms with Crippen LogP contribution in [0.4, 0.5) is 11.4 Å². The number of nitrogens with two attached hydrogens (primary N) is 1. The van der Waals surface area contributed by atoms with Crippen LogP contribution in [0.1, 0.15) is 26.2 Å². The van der Waals surface area contributed by atoms with Gasteiger partial charge >= 0.3 is 0 Å². The van der Waals surface area contributed by atoms with Gasteiger partial charge in [0.2, 0.25) is 5.91 Å². The summed E-state index contributed by atoms with van der Waals surface area (Å²) in [7, 11) is 2.02. The molecule has 2 rings (SSSR count). The number of nitrogens with one attached hydrogen (secondary N) is 1. The van der Waals surface area contributed by atoms with E-state index in [-0.39, 0.29) is 11.9 Å². The third-order valence-corrected chi connectivity index (χ3v) is 3.80. The van der Waals surface area contributed by atoms with Gasteiger partial charge in [-0.3, -0.25) is 9.69 Å². The molecule has 1 aliphatic rings. The van der Waals surface area contributed by atoms with Gasteiger partial charge in [0.1, 0.15) is 0 Å². The van der Waals surface area contributed by atoms with Crippen LogP contribution in [0, 0.1) is 0 Å². The number of amides is 1. The fourth-order valence-electron chi connectivity index (χ4n) is 2.16. The van der Waals surface area contributed by atoms with Crippen LogP contribution in [0.25, 0.3) is 0 Å². The molecule has 0 heterocycles. The van der Waals surface area contributed by atoms with Crippen molar-refractivity contribution in [1.29, 1.82) is 0 Å². The Balaban J connectivity index is 1.94. The Labute approximate surface area is 108 Å². The lowest BCUT2D eigenvalue weighted by molar-refractivity contribution is -0.121. The second-order valence-electron chi connectivity index (χ2n) is 5.04. The Morgan fingerprint density at radius 2 is 2.22 bits per heavy atom. The van der Waals surface area contributed by atoms with E-state index in [9.17, 15) is 4.79 Å². The normalized spacial score (nSPS) is 17.3. The van der Waals surface area contributed by atoms with E-state index in [4.69, 9.17) is 5.73 Å². The predicted octanol–water partition coefficient (Wildman–Crippen LogP) is 2.08. The molecule has 3 N–H and O–H groups in total. The zero-order chi connectivity index (χ0) is 13.1. The first-order valence-electron chi connectivity index (χ1n) is 6.46. The Bertz CT molecular complexity index is 429. The summed E-state index contributed by atoms with van der Waals surface area (Å²) in [6.45, 7) is 1.94. The molecule has 0 spiro atoms. The second kappa shape index (κ2) is 5.40. The minimum Gasteiger partial charge on any atom is -0.399 e. The number of likely N-dealkylation sites (N-methyl/N-ethyl adjacent to an activating group) is 1. The zero-order valence-electron chi connectivity index (χ0n) is 11.0. The summed E-state index contributed by atoms with van der Waals surface area (Å²) in [6.07, 6.45) is 3.68. The first kappa shape index (κ1) is 12.9. The van der Waals surface area contributed by atoms with Crippen molar-refractivity contribution in [1.82, 2.24) is 4.90 Å². The highest BCUT2D eigenvalue weighted by atomic mass is 16.2. The van der Waals surface area contributed by atoms with Crippen LogP contribution < -0.4 is 11.1 Å². The van der Waals surface area contributed by atoms with Crippen molar-refractivity contribution < 1.29 is 4.79 Å². The number of hydrogen-bond acceptors (Lipinski definition) is 3. The number of anilines is 2. The van der Waals surface area contributed by atoms with Crippen LogP contribution in [0.2, 0.25) is 0 Å². The van der Waals surface area contributed by atoms with Gasteiger partial charge in [-0.2, -0.15) is 0 Å². The van der Waals surface area contributed by atoms with Gasteiger partial charge in [0.15, 0.2) is 0 Å². The van der Waals surface area contributed by atoms with Gasteiger partial charge < -0.3 is 11.1 Å². The summed E-state index contributed by atoms with van der Waals surface area (Å²) < 4.78 is 0. The first-order valence-corrected chi connectivity index (χ1v) is 6.46. The summed E-state index contributed by atoms with van der Waals surface area (Å²) in [5.41, 5.74) is 7.11. The summed E-state index contributed by atoms with van der Waals surface area (Å²) in [5.74, 6) is 0.0231. The van der Waals surface area contributed by atoms with Crippen LogP contribution >= 0.6 is 0 Å². The third-order valence-electron chi connectivity index (χ3n) is 3.80. The molecule has 1 aromatic carbocycles. The van der Waals surface area contributed by atoms with E-state index in [1.54, 1.807) is 12.1 Å². The van der Waals surface area contributed by atoms with Gasteiger partial charge in [0.05, 0.1) is 6.04 Å². The fraction of sp³-hybridized carbons (Fsp3) is 0.500. The van der Waals surface area contributed by atoms with Gasteiger partial charge in [-0.05, 0) is 45.0 Å². The lowest BCUT2D eigenvalue weighted by Crippen LogP contribution is -2.47. The minimum absolute atomic E-state index is 0.0231. The number of rotatable bonds is 4. The van der Waals surface area contributed by atoms with E-state index in [0.29, 0.717) is 11.7 Å². The maximum absolute atomic E-state index is 12.1. The van der Waals surface area contributed by atoms with E-state index in [1.807, 2.05) is 26.1 Å². The van der Waals surface area contributed by atoms with Crippen LogP contribution in [-0.2, 0) is 4.79 Å². The molecule has 98 valence electrons. The topological polar surface area (TPSA) is 58.4 Å². The summed E-state index contributed by atoms with van der Waals surface area (Å²) >= 11 is 0. The van der Waals surface area contributed by atoms with Crippen molar-refractivity contribution in [2.24, 2.45) is 0 Å². The fourth-order valence-corrected chi connectivity index (χ4v) is 2.16. The zero-order valence-corrected chi connectivity index (χ0v) is 11.0. The number of carbonyl (C=O) groups is 1. The monoisotopic (exact) mass is 247 g/mol. The molecule has 1 aliphatic carbocycles. The SMILES string of the molecule is CC(C(=O)Nc1cccc(N)c1)N(C)C1CCC1. The molecule has 4 heteroatoms. The van der Waals surface area contributed by atoms with E-state index < -0.39 is 0 Å². The number of nitrogens with zero attached hydrogens (tertiary/aromatic N) is 1. The Kier molecular flexibility index (Phi) is 3.87. The molecule has 0 aliphatic heterocycles. The van der Waals surface area contributed by atoms with Crippen molar-refractivity contribution in [3.05, 3.63) is 24.3 Å². The molecule has 1 unspecified atom stereocenters. The summed E-state index contributed by atoms with van der Waals surface area (Å²) in [5, 5.41) is 2.91. The van der Waals surface area contributed by atoms with E-state index in [2.05, 4.69) is 10.2 Å². The standard InChI is InChI=1S/C14H21N3O/c1-10(17(2)13-7-4-8-13)14(18)16-12-6-3-5-11(15)9-12/h3,5-6,9-10,13H,4,7-8,15H2,1-2H3,(H,16,18). The van der Waals surface area contributed by atoms with Crippen LogP contribution in [0.5, 0.6) is 0 Å². The average Bonchev–Trinajstić information content (AvgIpc) is 2.25. The Morgan fingerprint density at radius 3 is 2.78 bits per heavy atom. The molecule has 0 saturated heterocycles. The number of carbonyl (C=O) groups excluding carboxylic acids is 1. The van der Waals surface area contributed by atoms with Gasteiger partial charge in [-0.25, -0.2) is 0 Å². The van der Waals surface area contributed by atoms with E-state index in [0.717, 1.165) is 5.69 Å². The maximum atomic E-state index is 12.1. The molecule has 0 aromatic heterocycles. The molecule has 1 saturated carbocycles. The highest BCUT2D eigenvalue weighted by Gasteiger charge is 2.28. The maximum Gasteiger partial charge on any atom is 0.241 e. The minimum atomic E-state index is -0.114. The third kappa shape index (κ3) is 2.82. The molecule has 18 heavy (non-hydrogen) atoms. The quantitative estimate of drug-likeness (QED) is 0.801. The van der Waals surface area contributed by atoms with Crippen molar-refractivity contribution in [3.63, 3.8) is 0 Å². The second-order valence-corrected chi connectivity index (χ2v) is 5.04. The molecule has 1 fully saturated rings. The Hall–Kier alpha value is -1.55. The number of hydrogen-bond donors (Lipinski definition) is 2. The molecule has 1 amide bonds. The Morgan fingerprint density at radius 1 is 1.50 bits per heavy atom. The lowest BCUT2D eigenvalue weighted by Gasteiger charge is -2.37. The van der Waals surface area contributed by atoms with Gasteiger partial charge in [-0.1, -0.05) is 12.5 Å². The largest absolute Gasteiger partial charge is 0.399 e. The van der Waals surface area contributed by atoms with Crippen molar-refractivity contribution in [3.8, 4) is 0 Å². The smallest absolute Gasteiger partial charge is 0.241 e. The van der Waals surface area contributed by atoms with Crippen LogP contribution in [0.15, 0.2) is 24.3 Å². The summed E-state index contributed by atoms with van der Waals surface area (Å²) in [6, 6.07) is 7.71. The van der Waals surface area contributed by atoms with Crippen molar-refractivity contribution in [2.45, 2.75) is 38.3 Å². The molecular weight excluding hydrogens is 226 g/mol. The molecule has 0 radical (unpaired) electrons. The summed E-state index contributed by atoms with van der Waals surface area (Å²) in [4.78, 5) is 14.3. The molecule has 1 aromatic rings. The predicted molar refractivity (Wildman–Crippen MR) is 74.3 cm³/mol. The lowest BCUT2D eigenvalue weighted by atomic mass is 9.91. The molecule has 0 bridgehead atoms. The number of nitrogen functional groups attached to an aromatic ring is 1. The molecule has 1 atom stereocenters. The highest BCUT2D eigenvalue weighted by molar-refractivity contribution is 5.94. The van der Waals surface area contributed by atoms with E-state index >= 15 is 0 Å². The van der Waals surface area contributed by atoms with Gasteiger partial charge in [0.25, 0.3) is 0 Å². The first-order chi connectivity index (χ1) is 8.58. The van der Waals surface area contributed by atoms with Crippen LogP contribution in [-0.4, -0.2) is 29.9 Å². The van der Waals surface area contributed by atoms with Crippen molar-refractivity contribution in [2.75, 3.05) is 18.1 Å². The highest BCUT2D eigenvalue weighted by Crippen LogP contribution is 2.25. The molecule has 4 nitrogen and oxygen atoms in total. The van der Waals surface area contributed by atoms with E-state index in [1.165, 1.54) is 19.3 Å². The van der Waals surface area contributed by atoms with Gasteiger partial charge in [0, 0.05) is 17.4 Å². The van der Waals surface area contributed by atoms with Gasteiger partial charge in [-0.15, -0.1) is 0 Å². The number of benzene rings is 1. The average molecular weight is 247 g/mol. The van der Waals surface area contributed by atoms with Crippen LogP contribution in [0.3, 0.4) is 0 Å².